The Morgan fingerprint density at radius 2 is 2.06 bits per heavy atom. The first-order valence-corrected chi connectivity index (χ1v) is 13.7. The Hall–Kier alpha value is -1.50. The lowest BCUT2D eigenvalue weighted by atomic mass is 9.74. The molecule has 34 heavy (non-hydrogen) atoms. The molecule has 2 heterocycles. The van der Waals surface area contributed by atoms with Crippen molar-refractivity contribution in [1.82, 2.24) is 4.90 Å². The maximum atomic E-state index is 14.4. The fraction of sp³-hybridized carbons (Fsp3) is 0.444. The van der Waals surface area contributed by atoms with E-state index in [0.29, 0.717) is 29.9 Å². The summed E-state index contributed by atoms with van der Waals surface area (Å²) in [4.78, 5) is 2.41. The molecular weight excluding hydrogens is 490 g/mol. The molecule has 3 aliphatic rings. The third kappa shape index (κ3) is 3.81. The molecule has 180 valence electrons. The first kappa shape index (κ1) is 24.2. The standard InChI is InChI=1S/C27H29ClF2N2S2/c1-5-18-11-21(12-23(28)25(18)29)27(33-30)13-24(31-34-27)20-6-7-22-19(10-20)8-9-26(22)14-32(15-26)17(4)16(2)3/h6-7,10-12,16H,4-5,8-9,13-15H2,1-3H3. The molecule has 2 aromatic rings. The van der Waals surface area contributed by atoms with Crippen LogP contribution in [0.1, 0.15) is 61.4 Å². The van der Waals surface area contributed by atoms with E-state index in [1.54, 1.807) is 12.1 Å². The van der Waals surface area contributed by atoms with Gasteiger partial charge in [0.2, 0.25) is 0 Å². The topological polar surface area (TPSA) is 15.6 Å². The van der Waals surface area contributed by atoms with Gasteiger partial charge in [0.05, 0.1) is 22.9 Å². The van der Waals surface area contributed by atoms with Gasteiger partial charge in [-0.3, -0.25) is 0 Å². The number of allylic oxidation sites excluding steroid dienone is 1. The fourth-order valence-electron chi connectivity index (χ4n) is 5.52. The number of rotatable bonds is 6. The molecule has 1 unspecified atom stereocenters. The zero-order chi connectivity index (χ0) is 24.3. The lowest BCUT2D eigenvalue weighted by Crippen LogP contribution is -2.57. The van der Waals surface area contributed by atoms with Crippen molar-refractivity contribution in [3.05, 3.63) is 81.3 Å². The number of nitrogens with zero attached hydrogens (tertiary/aromatic N) is 2. The third-order valence-corrected chi connectivity index (χ3v) is 10.00. The van der Waals surface area contributed by atoms with Crippen molar-refractivity contribution in [3.63, 3.8) is 0 Å². The van der Waals surface area contributed by atoms with Gasteiger partial charge in [0.1, 0.15) is 9.90 Å². The summed E-state index contributed by atoms with van der Waals surface area (Å²) >= 11 is 7.62. The Bertz CT molecular complexity index is 1190. The molecule has 0 amide bonds. The van der Waals surface area contributed by atoms with Crippen LogP contribution < -0.4 is 0 Å². The van der Waals surface area contributed by atoms with E-state index in [0.717, 1.165) is 37.2 Å². The van der Waals surface area contributed by atoms with Crippen LogP contribution in [0.2, 0.25) is 5.02 Å². The lowest BCUT2D eigenvalue weighted by molar-refractivity contribution is 0.0924. The fourth-order valence-corrected chi connectivity index (χ4v) is 7.23. The van der Waals surface area contributed by atoms with Crippen LogP contribution in [0.4, 0.5) is 8.28 Å². The van der Waals surface area contributed by atoms with Gasteiger partial charge in [-0.25, -0.2) is 8.79 Å². The first-order valence-electron chi connectivity index (χ1n) is 11.8. The molecule has 0 bridgehead atoms. The lowest BCUT2D eigenvalue weighted by Gasteiger charge is -2.51. The quantitative estimate of drug-likeness (QED) is 0.360. The number of halogens is 3. The number of hydrogen-bond acceptors (Lipinski definition) is 4. The maximum Gasteiger partial charge on any atom is 0.145 e. The molecule has 1 spiro atoms. The van der Waals surface area contributed by atoms with E-state index in [2.05, 4.69) is 47.9 Å². The molecule has 2 aliphatic heterocycles. The van der Waals surface area contributed by atoms with Crippen LogP contribution in [0, 0.1) is 11.7 Å². The molecular formula is C27H29ClF2N2S2. The van der Waals surface area contributed by atoms with Gasteiger partial charge in [-0.2, -0.15) is 3.89 Å². The minimum absolute atomic E-state index is 0.0364. The highest BCUT2D eigenvalue weighted by Crippen LogP contribution is 2.56. The molecule has 1 atom stereocenters. The van der Waals surface area contributed by atoms with Gasteiger partial charge in [-0.05, 0) is 77.1 Å². The smallest absolute Gasteiger partial charge is 0.145 e. The van der Waals surface area contributed by atoms with Gasteiger partial charge in [0.15, 0.2) is 0 Å². The monoisotopic (exact) mass is 518 g/mol. The number of hydrogen-bond donors (Lipinski definition) is 0. The van der Waals surface area contributed by atoms with Crippen LogP contribution in [0.5, 0.6) is 0 Å². The van der Waals surface area contributed by atoms with Crippen molar-refractivity contribution in [2.45, 2.75) is 55.9 Å². The van der Waals surface area contributed by atoms with Crippen LogP contribution in [0.25, 0.3) is 0 Å². The van der Waals surface area contributed by atoms with Crippen LogP contribution in [-0.4, -0.2) is 23.7 Å². The van der Waals surface area contributed by atoms with Crippen LogP contribution in [0.15, 0.2) is 47.0 Å². The highest BCUT2D eigenvalue weighted by Gasteiger charge is 2.49. The number of likely N-dealkylation sites (tertiary alicyclic amines) is 1. The second-order valence-corrected chi connectivity index (χ2v) is 12.7. The average molecular weight is 519 g/mol. The summed E-state index contributed by atoms with van der Waals surface area (Å²) < 4.78 is 32.4. The Labute approximate surface area is 214 Å². The minimum Gasteiger partial charge on any atom is -0.373 e. The molecule has 0 N–H and O–H groups in total. The van der Waals surface area contributed by atoms with Crippen molar-refractivity contribution in [2.24, 2.45) is 10.3 Å². The molecule has 0 saturated carbocycles. The number of benzene rings is 2. The van der Waals surface area contributed by atoms with Crippen LogP contribution in [-0.2, 0) is 22.3 Å². The maximum absolute atomic E-state index is 14.4. The summed E-state index contributed by atoms with van der Waals surface area (Å²) in [5.74, 6) is 0.0478. The van der Waals surface area contributed by atoms with Gasteiger partial charge >= 0.3 is 0 Å². The highest BCUT2D eigenvalue weighted by molar-refractivity contribution is 8.15. The molecule has 0 radical (unpaired) electrons. The largest absolute Gasteiger partial charge is 0.373 e. The van der Waals surface area contributed by atoms with E-state index in [1.165, 1.54) is 28.8 Å². The summed E-state index contributed by atoms with van der Waals surface area (Å²) in [5, 5.41) is 0.0364. The van der Waals surface area contributed by atoms with Gasteiger partial charge in [0.25, 0.3) is 0 Å². The predicted molar refractivity (Wildman–Crippen MR) is 142 cm³/mol. The summed E-state index contributed by atoms with van der Waals surface area (Å²) in [7, 11) is 0. The average Bonchev–Trinajstić information content (AvgIpc) is 3.42. The Morgan fingerprint density at radius 1 is 1.29 bits per heavy atom. The Balaban J connectivity index is 1.37. The molecule has 5 rings (SSSR count). The van der Waals surface area contributed by atoms with Gasteiger partial charge < -0.3 is 4.90 Å². The van der Waals surface area contributed by atoms with Crippen molar-refractivity contribution in [3.8, 4) is 0 Å². The van der Waals surface area contributed by atoms with Gasteiger partial charge in [0, 0.05) is 30.6 Å². The van der Waals surface area contributed by atoms with Gasteiger partial charge in [-0.15, -0.1) is 0 Å². The molecule has 1 fully saturated rings. The van der Waals surface area contributed by atoms with Crippen molar-refractivity contribution in [2.75, 3.05) is 13.1 Å². The summed E-state index contributed by atoms with van der Waals surface area (Å²) in [6, 6.07) is 9.93. The summed E-state index contributed by atoms with van der Waals surface area (Å²) in [6.07, 6.45) is 3.14. The predicted octanol–water partition coefficient (Wildman–Crippen LogP) is 8.02. The molecule has 1 saturated heterocycles. The van der Waals surface area contributed by atoms with E-state index in [9.17, 15) is 8.28 Å². The Morgan fingerprint density at radius 3 is 2.74 bits per heavy atom. The van der Waals surface area contributed by atoms with E-state index >= 15 is 0 Å². The molecule has 1 aliphatic carbocycles. The van der Waals surface area contributed by atoms with E-state index in [1.807, 2.05) is 6.92 Å². The van der Waals surface area contributed by atoms with Crippen molar-refractivity contribution < 1.29 is 8.28 Å². The van der Waals surface area contributed by atoms with E-state index in [-0.39, 0.29) is 22.6 Å². The molecule has 2 aromatic carbocycles. The second-order valence-electron chi connectivity index (χ2n) is 10.1. The summed E-state index contributed by atoms with van der Waals surface area (Å²) in [5.41, 5.74) is 7.38. The second kappa shape index (κ2) is 8.86. The van der Waals surface area contributed by atoms with Crippen LogP contribution >= 0.6 is 35.7 Å². The zero-order valence-corrected chi connectivity index (χ0v) is 22.1. The van der Waals surface area contributed by atoms with Gasteiger partial charge in [-0.1, -0.05) is 57.2 Å². The van der Waals surface area contributed by atoms with Crippen molar-refractivity contribution >= 4 is 41.4 Å². The van der Waals surface area contributed by atoms with E-state index < -0.39 is 9.90 Å². The van der Waals surface area contributed by atoms with Crippen molar-refractivity contribution in [1.29, 1.82) is 0 Å². The van der Waals surface area contributed by atoms with Crippen LogP contribution in [0.3, 0.4) is 0 Å². The Kier molecular flexibility index (Phi) is 6.31. The normalized spacial score (nSPS) is 22.8. The number of aryl methyl sites for hydroxylation is 2. The third-order valence-electron chi connectivity index (χ3n) is 7.69. The SMILES string of the molecule is C=C(C(C)C)N1CC2(CCc3cc(C4=NSC(SF)(c5cc(Cl)c(F)c(CC)c5)C4)ccc32)C1. The molecule has 7 heteroatoms. The summed E-state index contributed by atoms with van der Waals surface area (Å²) in [6.45, 7) is 12.6. The zero-order valence-electron chi connectivity index (χ0n) is 19.8. The highest BCUT2D eigenvalue weighted by atomic mass is 35.5. The molecule has 0 aromatic heterocycles. The first-order chi connectivity index (χ1) is 16.2. The molecule has 2 nitrogen and oxygen atoms in total. The van der Waals surface area contributed by atoms with E-state index in [4.69, 9.17) is 11.6 Å². The minimum atomic E-state index is -0.942. The number of fused-ring (bicyclic) bond motifs is 2.